The average Bonchev–Trinajstić information content (AvgIpc) is 1.90. The molecule has 78 valence electrons. The van der Waals surface area contributed by atoms with Crippen LogP contribution in [-0.4, -0.2) is 45.1 Å². The van der Waals surface area contributed by atoms with E-state index in [9.17, 15) is 13.2 Å². The Bertz CT molecular complexity index is 147. The van der Waals surface area contributed by atoms with Gasteiger partial charge in [-0.3, -0.25) is 0 Å². The predicted molar refractivity (Wildman–Crippen MR) is 41.5 cm³/mol. The molecule has 1 heterocycles. The van der Waals surface area contributed by atoms with E-state index in [2.05, 4.69) is 15.4 Å². The zero-order valence-corrected chi connectivity index (χ0v) is 7.16. The molecule has 0 aromatic heterocycles. The first-order valence-corrected chi connectivity index (χ1v) is 4.16. The Morgan fingerprint density at radius 2 is 2.08 bits per heavy atom. The van der Waals surface area contributed by atoms with E-state index in [4.69, 9.17) is 0 Å². The molecule has 6 heteroatoms. The fourth-order valence-electron chi connectivity index (χ4n) is 0.956. The van der Waals surface area contributed by atoms with Crippen LogP contribution in [0.1, 0.15) is 0 Å². The maximum atomic E-state index is 11.6. The topological polar surface area (TPSA) is 33.3 Å². The standard InChI is InChI=1S/C7H13F3N2O/c8-7(9,10)5-13-2-1-12-6-3-11-4-6/h6,11-12H,1-5H2. The number of halogens is 3. The highest BCUT2D eigenvalue weighted by molar-refractivity contribution is 4.80. The third-order valence-corrected chi connectivity index (χ3v) is 1.73. The van der Waals surface area contributed by atoms with Crippen LogP contribution in [-0.2, 0) is 4.74 Å². The van der Waals surface area contributed by atoms with E-state index < -0.39 is 12.8 Å². The molecule has 0 saturated carbocycles. The summed E-state index contributed by atoms with van der Waals surface area (Å²) < 4.78 is 39.1. The van der Waals surface area contributed by atoms with Gasteiger partial charge in [0.15, 0.2) is 0 Å². The molecule has 1 aliphatic heterocycles. The third-order valence-electron chi connectivity index (χ3n) is 1.73. The van der Waals surface area contributed by atoms with Crippen LogP contribution >= 0.6 is 0 Å². The molecule has 0 unspecified atom stereocenters. The fraction of sp³-hybridized carbons (Fsp3) is 1.00. The second-order valence-corrected chi connectivity index (χ2v) is 2.98. The molecule has 2 N–H and O–H groups in total. The first kappa shape index (κ1) is 10.7. The van der Waals surface area contributed by atoms with Crippen LogP contribution in [0.2, 0.25) is 0 Å². The molecule has 1 aliphatic rings. The van der Waals surface area contributed by atoms with Gasteiger partial charge in [-0.1, -0.05) is 0 Å². The molecule has 0 spiro atoms. The van der Waals surface area contributed by atoms with Crippen LogP contribution in [0.5, 0.6) is 0 Å². The van der Waals surface area contributed by atoms with E-state index >= 15 is 0 Å². The van der Waals surface area contributed by atoms with Crippen LogP contribution in [0.25, 0.3) is 0 Å². The van der Waals surface area contributed by atoms with E-state index in [1.54, 1.807) is 0 Å². The van der Waals surface area contributed by atoms with Crippen molar-refractivity contribution in [2.75, 3.05) is 32.8 Å². The van der Waals surface area contributed by atoms with Gasteiger partial charge in [-0.15, -0.1) is 0 Å². The summed E-state index contributed by atoms with van der Waals surface area (Å²) in [6.07, 6.45) is -4.21. The fourth-order valence-corrected chi connectivity index (χ4v) is 0.956. The van der Waals surface area contributed by atoms with Crippen LogP contribution in [0.15, 0.2) is 0 Å². The van der Waals surface area contributed by atoms with Gasteiger partial charge in [0.05, 0.1) is 6.61 Å². The smallest absolute Gasteiger partial charge is 0.371 e. The molecule has 3 nitrogen and oxygen atoms in total. The molecule has 0 aromatic carbocycles. The second-order valence-electron chi connectivity index (χ2n) is 2.98. The van der Waals surface area contributed by atoms with Gasteiger partial charge < -0.3 is 15.4 Å². The summed E-state index contributed by atoms with van der Waals surface area (Å²) in [7, 11) is 0. The van der Waals surface area contributed by atoms with E-state index in [-0.39, 0.29) is 6.61 Å². The zero-order valence-electron chi connectivity index (χ0n) is 7.16. The molecule has 1 fully saturated rings. The first-order chi connectivity index (χ1) is 6.08. The minimum atomic E-state index is -4.21. The van der Waals surface area contributed by atoms with Crippen LogP contribution in [0.4, 0.5) is 13.2 Å². The second kappa shape index (κ2) is 4.78. The van der Waals surface area contributed by atoms with Crippen LogP contribution < -0.4 is 10.6 Å². The summed E-state index contributed by atoms with van der Waals surface area (Å²) in [4.78, 5) is 0. The van der Waals surface area contributed by atoms with Gasteiger partial charge in [0.2, 0.25) is 0 Å². The van der Waals surface area contributed by atoms with Crippen LogP contribution in [0, 0.1) is 0 Å². The lowest BCUT2D eigenvalue weighted by molar-refractivity contribution is -0.173. The Balaban J connectivity index is 1.83. The Morgan fingerprint density at radius 3 is 2.54 bits per heavy atom. The Kier molecular flexibility index (Phi) is 3.95. The number of rotatable bonds is 5. The molecule has 0 bridgehead atoms. The minimum Gasteiger partial charge on any atom is -0.371 e. The molecule has 0 aliphatic carbocycles. The maximum Gasteiger partial charge on any atom is 0.411 e. The van der Waals surface area contributed by atoms with Crippen molar-refractivity contribution >= 4 is 0 Å². The van der Waals surface area contributed by atoms with Crippen molar-refractivity contribution in [2.45, 2.75) is 12.2 Å². The summed E-state index contributed by atoms with van der Waals surface area (Å²) in [6, 6.07) is 0.398. The molecule has 13 heavy (non-hydrogen) atoms. The lowest BCUT2D eigenvalue weighted by atomic mass is 10.2. The maximum absolute atomic E-state index is 11.6. The molecule has 0 radical (unpaired) electrons. The number of nitrogens with one attached hydrogen (secondary N) is 2. The summed E-state index contributed by atoms with van der Waals surface area (Å²) in [5.41, 5.74) is 0. The van der Waals surface area contributed by atoms with Gasteiger partial charge >= 0.3 is 6.18 Å². The molecule has 0 aromatic rings. The molecular formula is C7H13F3N2O. The zero-order chi connectivity index (χ0) is 9.73. The number of hydrogen-bond donors (Lipinski definition) is 2. The quantitative estimate of drug-likeness (QED) is 0.616. The molecule has 1 saturated heterocycles. The monoisotopic (exact) mass is 198 g/mol. The summed E-state index contributed by atoms with van der Waals surface area (Å²) in [6.45, 7) is 1.20. The lowest BCUT2D eigenvalue weighted by Crippen LogP contribution is -2.55. The van der Waals surface area contributed by atoms with Crippen LogP contribution in [0.3, 0.4) is 0 Å². The highest BCUT2D eigenvalue weighted by atomic mass is 19.4. The van der Waals surface area contributed by atoms with Gasteiger partial charge in [0.1, 0.15) is 6.61 Å². The molecule has 0 atom stereocenters. The highest BCUT2D eigenvalue weighted by Crippen LogP contribution is 2.13. The van der Waals surface area contributed by atoms with Crippen molar-refractivity contribution in [1.29, 1.82) is 0 Å². The Labute approximate surface area is 74.6 Å². The SMILES string of the molecule is FC(F)(F)COCCNC1CNC1. The average molecular weight is 198 g/mol. The summed E-state index contributed by atoms with van der Waals surface area (Å²) >= 11 is 0. The number of alkyl halides is 3. The van der Waals surface area contributed by atoms with E-state index in [0.717, 1.165) is 13.1 Å². The predicted octanol–water partition coefficient (Wildman–Crippen LogP) is 0.127. The van der Waals surface area contributed by atoms with Gasteiger partial charge in [0, 0.05) is 25.7 Å². The van der Waals surface area contributed by atoms with Gasteiger partial charge in [-0.05, 0) is 0 Å². The molecular weight excluding hydrogens is 185 g/mol. The van der Waals surface area contributed by atoms with Crippen molar-refractivity contribution in [3.8, 4) is 0 Å². The van der Waals surface area contributed by atoms with Crippen molar-refractivity contribution in [1.82, 2.24) is 10.6 Å². The summed E-state index contributed by atoms with van der Waals surface area (Å²) in [5.74, 6) is 0. The number of hydrogen-bond acceptors (Lipinski definition) is 3. The minimum absolute atomic E-state index is 0.107. The van der Waals surface area contributed by atoms with Crippen molar-refractivity contribution in [2.24, 2.45) is 0 Å². The summed E-state index contributed by atoms with van der Waals surface area (Å²) in [5, 5.41) is 6.09. The van der Waals surface area contributed by atoms with E-state index in [1.165, 1.54) is 0 Å². The number of ether oxygens (including phenoxy) is 1. The van der Waals surface area contributed by atoms with Gasteiger partial charge in [-0.25, -0.2) is 0 Å². The highest BCUT2D eigenvalue weighted by Gasteiger charge is 2.27. The van der Waals surface area contributed by atoms with Gasteiger partial charge in [-0.2, -0.15) is 13.2 Å². The van der Waals surface area contributed by atoms with Crippen molar-refractivity contribution in [3.63, 3.8) is 0 Å². The largest absolute Gasteiger partial charge is 0.411 e. The first-order valence-electron chi connectivity index (χ1n) is 4.16. The lowest BCUT2D eigenvalue weighted by Gasteiger charge is -2.28. The molecule has 0 amide bonds. The van der Waals surface area contributed by atoms with Crippen molar-refractivity contribution in [3.05, 3.63) is 0 Å². The van der Waals surface area contributed by atoms with E-state index in [1.807, 2.05) is 0 Å². The van der Waals surface area contributed by atoms with E-state index in [0.29, 0.717) is 12.6 Å². The normalized spacial score (nSPS) is 18.7. The van der Waals surface area contributed by atoms with Gasteiger partial charge in [0.25, 0.3) is 0 Å². The Hall–Kier alpha value is -0.330. The Morgan fingerprint density at radius 1 is 1.38 bits per heavy atom. The molecule has 1 rings (SSSR count). The van der Waals surface area contributed by atoms with Crippen molar-refractivity contribution < 1.29 is 17.9 Å². The third kappa shape index (κ3) is 5.07.